The lowest BCUT2D eigenvalue weighted by Gasteiger charge is -2.26. The largest absolute Gasteiger partial charge is 0.415 e. The van der Waals surface area contributed by atoms with Gasteiger partial charge >= 0.3 is 6.18 Å². The van der Waals surface area contributed by atoms with E-state index in [1.165, 1.54) is 0 Å². The van der Waals surface area contributed by atoms with E-state index in [1.807, 2.05) is 0 Å². The minimum Gasteiger partial charge on any atom is -0.382 e. The molecule has 2 nitrogen and oxygen atoms in total. The van der Waals surface area contributed by atoms with Crippen molar-refractivity contribution in [1.82, 2.24) is 4.90 Å². The second kappa shape index (κ2) is 9.62. The van der Waals surface area contributed by atoms with E-state index in [0.29, 0.717) is 13.1 Å². The van der Waals surface area contributed by atoms with Crippen LogP contribution in [0.2, 0.25) is 0 Å². The lowest BCUT2D eigenvalue weighted by molar-refractivity contribution is -0.208. The van der Waals surface area contributed by atoms with Crippen LogP contribution in [0.4, 0.5) is 13.2 Å². The van der Waals surface area contributed by atoms with E-state index in [4.69, 9.17) is 5.11 Å². The molecule has 0 saturated carbocycles. The zero-order valence-electron chi connectivity index (χ0n) is 11.5. The van der Waals surface area contributed by atoms with Crippen molar-refractivity contribution in [2.75, 3.05) is 19.6 Å². The molecule has 18 heavy (non-hydrogen) atoms. The van der Waals surface area contributed by atoms with E-state index >= 15 is 0 Å². The third-order valence-corrected chi connectivity index (χ3v) is 2.96. The summed E-state index contributed by atoms with van der Waals surface area (Å²) in [4.78, 5) is 1.74. The molecule has 0 amide bonds. The van der Waals surface area contributed by atoms with Gasteiger partial charge in [0, 0.05) is 6.54 Å². The maximum atomic E-state index is 12.3. The lowest BCUT2D eigenvalue weighted by Crippen LogP contribution is -2.41. The Balaban J connectivity index is 4.10. The van der Waals surface area contributed by atoms with Gasteiger partial charge in [-0.05, 0) is 25.9 Å². The first-order valence-electron chi connectivity index (χ1n) is 6.88. The van der Waals surface area contributed by atoms with Crippen LogP contribution >= 0.6 is 0 Å². The van der Waals surface area contributed by atoms with E-state index in [9.17, 15) is 13.2 Å². The number of alkyl halides is 3. The third kappa shape index (κ3) is 8.75. The summed E-state index contributed by atoms with van der Waals surface area (Å²) in [5.74, 6) is 0. The topological polar surface area (TPSA) is 23.5 Å². The zero-order chi connectivity index (χ0) is 14.0. The molecule has 0 radical (unpaired) electrons. The Morgan fingerprint density at radius 3 is 1.72 bits per heavy atom. The maximum Gasteiger partial charge on any atom is 0.415 e. The predicted molar refractivity (Wildman–Crippen MR) is 67.6 cm³/mol. The van der Waals surface area contributed by atoms with Crippen LogP contribution in [0.1, 0.15) is 52.4 Å². The molecule has 5 heteroatoms. The molecule has 1 N–H and O–H groups in total. The van der Waals surface area contributed by atoms with Gasteiger partial charge in [0.25, 0.3) is 0 Å². The average Bonchev–Trinajstić information content (AvgIpc) is 2.28. The highest BCUT2D eigenvalue weighted by Gasteiger charge is 2.38. The second-order valence-corrected chi connectivity index (χ2v) is 4.77. The van der Waals surface area contributed by atoms with Gasteiger partial charge in [-0.1, -0.05) is 39.5 Å². The number of rotatable bonds is 10. The highest BCUT2D eigenvalue weighted by Crippen LogP contribution is 2.21. The minimum absolute atomic E-state index is 0.295. The Bertz CT molecular complexity index is 187. The third-order valence-electron chi connectivity index (χ3n) is 2.96. The van der Waals surface area contributed by atoms with Gasteiger partial charge < -0.3 is 10.0 Å². The molecule has 0 bridgehead atoms. The number of halogens is 3. The lowest BCUT2D eigenvalue weighted by atomic mass is 10.2. The van der Waals surface area contributed by atoms with Crippen LogP contribution in [0.25, 0.3) is 0 Å². The van der Waals surface area contributed by atoms with Crippen LogP contribution in [0.15, 0.2) is 0 Å². The van der Waals surface area contributed by atoms with Crippen LogP contribution < -0.4 is 0 Å². The number of unbranched alkanes of at least 4 members (excludes halogenated alkanes) is 4. The highest BCUT2D eigenvalue weighted by atomic mass is 19.4. The van der Waals surface area contributed by atoms with Crippen molar-refractivity contribution in [2.45, 2.75) is 64.7 Å². The smallest absolute Gasteiger partial charge is 0.382 e. The molecule has 1 unspecified atom stereocenters. The van der Waals surface area contributed by atoms with Crippen LogP contribution in [-0.4, -0.2) is 41.9 Å². The number of aliphatic hydroxyl groups excluding tert-OH is 1. The molecule has 0 fully saturated rings. The van der Waals surface area contributed by atoms with Crippen molar-refractivity contribution in [3.05, 3.63) is 0 Å². The molecule has 0 rings (SSSR count). The van der Waals surface area contributed by atoms with Crippen molar-refractivity contribution < 1.29 is 18.3 Å². The summed E-state index contributed by atoms with van der Waals surface area (Å²) in [5.41, 5.74) is 0. The summed E-state index contributed by atoms with van der Waals surface area (Å²) >= 11 is 0. The molecule has 1 atom stereocenters. The molecule has 0 saturated heterocycles. The van der Waals surface area contributed by atoms with Gasteiger partial charge in [-0.15, -0.1) is 0 Å². The number of hydrogen-bond donors (Lipinski definition) is 1. The number of nitrogens with zero attached hydrogens (tertiary/aromatic N) is 1. The van der Waals surface area contributed by atoms with E-state index < -0.39 is 12.3 Å². The molecule has 0 aliphatic rings. The van der Waals surface area contributed by atoms with Crippen molar-refractivity contribution in [3.8, 4) is 0 Å². The second-order valence-electron chi connectivity index (χ2n) is 4.77. The summed E-state index contributed by atoms with van der Waals surface area (Å²) in [6.07, 6.45) is -0.803. The fourth-order valence-corrected chi connectivity index (χ4v) is 1.81. The van der Waals surface area contributed by atoms with E-state index in [0.717, 1.165) is 38.5 Å². The van der Waals surface area contributed by atoms with Crippen molar-refractivity contribution in [1.29, 1.82) is 0 Å². The first-order chi connectivity index (χ1) is 8.41. The Morgan fingerprint density at radius 2 is 1.39 bits per heavy atom. The van der Waals surface area contributed by atoms with E-state index in [-0.39, 0.29) is 6.54 Å². The molecule has 0 spiro atoms. The molecule has 0 heterocycles. The zero-order valence-corrected chi connectivity index (χ0v) is 11.5. The summed E-state index contributed by atoms with van der Waals surface area (Å²) in [6, 6.07) is 0. The fraction of sp³-hybridized carbons (Fsp3) is 1.00. The Hall–Kier alpha value is -0.290. The van der Waals surface area contributed by atoms with Gasteiger partial charge in [-0.25, -0.2) is 0 Å². The quantitative estimate of drug-likeness (QED) is 0.613. The van der Waals surface area contributed by atoms with Crippen molar-refractivity contribution in [2.24, 2.45) is 0 Å². The van der Waals surface area contributed by atoms with Crippen molar-refractivity contribution in [3.63, 3.8) is 0 Å². The number of hydrogen-bond acceptors (Lipinski definition) is 2. The molecule has 0 aromatic heterocycles. The van der Waals surface area contributed by atoms with Gasteiger partial charge in [0.15, 0.2) is 6.10 Å². The summed E-state index contributed by atoms with van der Waals surface area (Å²) in [7, 11) is 0. The molecular formula is C13H26F3NO. The standard InChI is InChI=1S/C13H26F3NO/c1-3-5-7-9-17(10-8-6-4-2)11-12(18)13(14,15)16/h12,18H,3-11H2,1-2H3. The highest BCUT2D eigenvalue weighted by molar-refractivity contribution is 4.71. The SMILES string of the molecule is CCCCCN(CCCCC)CC(O)C(F)(F)F. The molecule has 0 aromatic rings. The molecule has 0 aromatic carbocycles. The summed E-state index contributed by atoms with van der Waals surface area (Å²) in [6.45, 7) is 5.12. The minimum atomic E-state index is -4.51. The Morgan fingerprint density at radius 1 is 0.944 bits per heavy atom. The fourth-order valence-electron chi connectivity index (χ4n) is 1.81. The van der Waals surface area contributed by atoms with Gasteiger partial charge in [0.1, 0.15) is 0 Å². The van der Waals surface area contributed by atoms with E-state index in [1.54, 1.807) is 4.90 Å². The van der Waals surface area contributed by atoms with Crippen LogP contribution in [0.5, 0.6) is 0 Å². The molecule has 0 aliphatic carbocycles. The monoisotopic (exact) mass is 269 g/mol. The normalized spacial score (nSPS) is 14.2. The maximum absolute atomic E-state index is 12.3. The Kier molecular flexibility index (Phi) is 9.46. The first-order valence-corrected chi connectivity index (χ1v) is 6.88. The van der Waals surface area contributed by atoms with Gasteiger partial charge in [0.2, 0.25) is 0 Å². The predicted octanol–water partition coefficient (Wildman–Crippen LogP) is 3.59. The first kappa shape index (κ1) is 17.7. The molecule has 0 aliphatic heterocycles. The van der Waals surface area contributed by atoms with E-state index in [2.05, 4.69) is 13.8 Å². The number of aliphatic hydroxyl groups is 1. The average molecular weight is 269 g/mol. The van der Waals surface area contributed by atoms with Gasteiger partial charge in [0.05, 0.1) is 0 Å². The van der Waals surface area contributed by atoms with Crippen LogP contribution in [-0.2, 0) is 0 Å². The Labute approximate surface area is 108 Å². The van der Waals surface area contributed by atoms with Gasteiger partial charge in [-0.3, -0.25) is 0 Å². The van der Waals surface area contributed by atoms with Gasteiger partial charge in [-0.2, -0.15) is 13.2 Å². The van der Waals surface area contributed by atoms with Crippen molar-refractivity contribution >= 4 is 0 Å². The molecular weight excluding hydrogens is 243 g/mol. The van der Waals surface area contributed by atoms with Crippen LogP contribution in [0, 0.1) is 0 Å². The molecule has 110 valence electrons. The summed E-state index contributed by atoms with van der Waals surface area (Å²) in [5, 5.41) is 9.10. The summed E-state index contributed by atoms with van der Waals surface area (Å²) < 4.78 is 36.9. The van der Waals surface area contributed by atoms with Crippen LogP contribution in [0.3, 0.4) is 0 Å².